The summed E-state index contributed by atoms with van der Waals surface area (Å²) in [6.45, 7) is 9.91. The molecule has 0 aliphatic rings. The molecule has 4 heteroatoms. The van der Waals surface area contributed by atoms with Crippen molar-refractivity contribution in [2.24, 2.45) is 5.92 Å². The van der Waals surface area contributed by atoms with Gasteiger partial charge in [0.1, 0.15) is 0 Å². The number of hydrogen-bond donors (Lipinski definition) is 0. The number of fused-ring (bicyclic) bond motifs is 1. The molecule has 0 bridgehead atoms. The summed E-state index contributed by atoms with van der Waals surface area (Å²) < 4.78 is 0. The van der Waals surface area contributed by atoms with Gasteiger partial charge in [-0.15, -0.1) is 10.2 Å². The van der Waals surface area contributed by atoms with E-state index in [1.165, 1.54) is 0 Å². The molecule has 2 rings (SSSR count). The first-order valence-electron chi connectivity index (χ1n) is 7.76. The van der Waals surface area contributed by atoms with Crippen LogP contribution in [-0.2, 0) is 0 Å². The summed E-state index contributed by atoms with van der Waals surface area (Å²) in [5.74, 6) is 1.53. The van der Waals surface area contributed by atoms with Crippen LogP contribution in [-0.4, -0.2) is 22.8 Å². The van der Waals surface area contributed by atoms with Gasteiger partial charge in [-0.2, -0.15) is 0 Å². The number of halogens is 1. The molecule has 0 radical (unpaired) electrons. The van der Waals surface area contributed by atoms with Crippen LogP contribution in [0.15, 0.2) is 24.3 Å². The van der Waals surface area contributed by atoms with E-state index >= 15 is 0 Å². The highest BCUT2D eigenvalue weighted by Crippen LogP contribution is 2.30. The Morgan fingerprint density at radius 1 is 1.05 bits per heavy atom. The molecular formula is C17H24ClN3. The summed E-state index contributed by atoms with van der Waals surface area (Å²) in [5, 5.41) is 11.1. The first-order valence-corrected chi connectivity index (χ1v) is 8.13. The predicted molar refractivity (Wildman–Crippen MR) is 91.1 cm³/mol. The molecule has 21 heavy (non-hydrogen) atoms. The number of rotatable bonds is 6. The van der Waals surface area contributed by atoms with Crippen molar-refractivity contribution in [2.45, 2.75) is 46.6 Å². The third-order valence-electron chi connectivity index (χ3n) is 3.84. The molecule has 0 saturated heterocycles. The minimum absolute atomic E-state index is 0.475. The lowest BCUT2D eigenvalue weighted by Gasteiger charge is -2.33. The van der Waals surface area contributed by atoms with Crippen molar-refractivity contribution in [3.8, 4) is 0 Å². The van der Waals surface area contributed by atoms with Gasteiger partial charge in [0.25, 0.3) is 0 Å². The minimum atomic E-state index is 0.475. The average Bonchev–Trinajstić information content (AvgIpc) is 2.48. The highest BCUT2D eigenvalue weighted by molar-refractivity contribution is 6.34. The van der Waals surface area contributed by atoms with Gasteiger partial charge >= 0.3 is 0 Å². The van der Waals surface area contributed by atoms with Crippen molar-refractivity contribution in [1.29, 1.82) is 0 Å². The van der Waals surface area contributed by atoms with Crippen molar-refractivity contribution in [2.75, 3.05) is 11.4 Å². The second kappa shape index (κ2) is 7.08. The molecular weight excluding hydrogens is 282 g/mol. The third kappa shape index (κ3) is 3.46. The Balaban J connectivity index is 2.56. The van der Waals surface area contributed by atoms with Crippen LogP contribution in [0.4, 0.5) is 5.82 Å². The normalized spacial score (nSPS) is 11.6. The Kier molecular flexibility index (Phi) is 5.40. The van der Waals surface area contributed by atoms with Crippen LogP contribution in [0.5, 0.6) is 0 Å². The van der Waals surface area contributed by atoms with Crippen molar-refractivity contribution in [1.82, 2.24) is 10.2 Å². The predicted octanol–water partition coefficient (Wildman–Crippen LogP) is 4.93. The van der Waals surface area contributed by atoms with Crippen molar-refractivity contribution < 1.29 is 0 Å². The smallest absolute Gasteiger partial charge is 0.159 e. The van der Waals surface area contributed by atoms with E-state index in [1.807, 2.05) is 18.2 Å². The molecule has 0 aliphatic carbocycles. The zero-order chi connectivity index (χ0) is 15.4. The van der Waals surface area contributed by atoms with Crippen LogP contribution in [0.2, 0.25) is 5.15 Å². The fourth-order valence-corrected chi connectivity index (χ4v) is 3.00. The quantitative estimate of drug-likeness (QED) is 0.757. The maximum Gasteiger partial charge on any atom is 0.159 e. The van der Waals surface area contributed by atoms with E-state index in [0.717, 1.165) is 36.0 Å². The molecule has 0 N–H and O–H groups in total. The Bertz CT molecular complexity index is 594. The van der Waals surface area contributed by atoms with Crippen LogP contribution < -0.4 is 4.90 Å². The summed E-state index contributed by atoms with van der Waals surface area (Å²) in [7, 11) is 0. The van der Waals surface area contributed by atoms with Crippen molar-refractivity contribution in [3.63, 3.8) is 0 Å². The summed E-state index contributed by atoms with van der Waals surface area (Å²) >= 11 is 6.19. The largest absolute Gasteiger partial charge is 0.351 e. The molecule has 3 nitrogen and oxygen atoms in total. The number of hydrogen-bond acceptors (Lipinski definition) is 3. The van der Waals surface area contributed by atoms with Crippen LogP contribution in [0.3, 0.4) is 0 Å². The average molecular weight is 306 g/mol. The molecule has 0 fully saturated rings. The second-order valence-electron chi connectivity index (χ2n) is 5.88. The lowest BCUT2D eigenvalue weighted by molar-refractivity contribution is 0.503. The van der Waals surface area contributed by atoms with Gasteiger partial charge < -0.3 is 4.90 Å². The van der Waals surface area contributed by atoms with Gasteiger partial charge in [-0.25, -0.2) is 0 Å². The van der Waals surface area contributed by atoms with E-state index in [-0.39, 0.29) is 0 Å². The van der Waals surface area contributed by atoms with Gasteiger partial charge in [0, 0.05) is 23.4 Å². The lowest BCUT2D eigenvalue weighted by atomic mass is 10.1. The molecule has 1 heterocycles. The SMILES string of the molecule is CCC(CC)N(CC(C)C)c1nnc(Cl)c2ccccc12. The van der Waals surface area contributed by atoms with Gasteiger partial charge in [-0.3, -0.25) is 0 Å². The third-order valence-corrected chi connectivity index (χ3v) is 4.12. The molecule has 0 aliphatic heterocycles. The topological polar surface area (TPSA) is 29.0 Å². The maximum absolute atomic E-state index is 6.19. The standard InChI is InChI=1S/C17H24ClN3/c1-5-13(6-2)21(11-12(3)4)17-15-10-8-7-9-14(15)16(18)19-20-17/h7-10,12-13H,5-6,11H2,1-4H3. The van der Waals surface area contributed by atoms with E-state index in [2.05, 4.69) is 48.9 Å². The van der Waals surface area contributed by atoms with Gasteiger partial charge in [0.2, 0.25) is 0 Å². The second-order valence-corrected chi connectivity index (χ2v) is 6.23. The number of nitrogens with zero attached hydrogens (tertiary/aromatic N) is 3. The van der Waals surface area contributed by atoms with Crippen LogP contribution in [0, 0.1) is 5.92 Å². The highest BCUT2D eigenvalue weighted by Gasteiger charge is 2.21. The molecule has 0 atom stereocenters. The monoisotopic (exact) mass is 305 g/mol. The maximum atomic E-state index is 6.19. The number of aromatic nitrogens is 2. The molecule has 2 aromatic rings. The summed E-state index contributed by atoms with van der Waals surface area (Å²) in [6, 6.07) is 8.59. The zero-order valence-corrected chi connectivity index (χ0v) is 14.1. The molecule has 0 saturated carbocycles. The van der Waals surface area contributed by atoms with Crippen LogP contribution in [0.1, 0.15) is 40.5 Å². The fourth-order valence-electron chi connectivity index (χ4n) is 2.80. The molecule has 1 aromatic carbocycles. The molecule has 114 valence electrons. The van der Waals surface area contributed by atoms with Gasteiger partial charge in [0.05, 0.1) is 0 Å². The fraction of sp³-hybridized carbons (Fsp3) is 0.529. The molecule has 0 unspecified atom stereocenters. The Morgan fingerprint density at radius 3 is 2.24 bits per heavy atom. The molecule has 0 amide bonds. The van der Waals surface area contributed by atoms with E-state index in [1.54, 1.807) is 0 Å². The molecule has 0 spiro atoms. The zero-order valence-electron chi connectivity index (χ0n) is 13.3. The van der Waals surface area contributed by atoms with Gasteiger partial charge in [0.15, 0.2) is 11.0 Å². The van der Waals surface area contributed by atoms with Crippen LogP contribution in [0.25, 0.3) is 10.8 Å². The lowest BCUT2D eigenvalue weighted by Crippen LogP contribution is -2.38. The summed E-state index contributed by atoms with van der Waals surface area (Å²) in [6.07, 6.45) is 2.20. The Morgan fingerprint density at radius 2 is 1.67 bits per heavy atom. The summed E-state index contributed by atoms with van der Waals surface area (Å²) in [5.41, 5.74) is 0. The number of anilines is 1. The highest BCUT2D eigenvalue weighted by atomic mass is 35.5. The van der Waals surface area contributed by atoms with Gasteiger partial charge in [-0.05, 0) is 18.8 Å². The van der Waals surface area contributed by atoms with Crippen LogP contribution >= 0.6 is 11.6 Å². The van der Waals surface area contributed by atoms with Gasteiger partial charge in [-0.1, -0.05) is 63.6 Å². The Labute approximate surface area is 132 Å². The number of benzene rings is 1. The summed E-state index contributed by atoms with van der Waals surface area (Å²) in [4.78, 5) is 2.40. The Hall–Kier alpha value is -1.35. The van der Waals surface area contributed by atoms with E-state index in [4.69, 9.17) is 11.6 Å². The van der Waals surface area contributed by atoms with Crippen molar-refractivity contribution in [3.05, 3.63) is 29.4 Å². The van der Waals surface area contributed by atoms with E-state index in [9.17, 15) is 0 Å². The molecule has 1 aromatic heterocycles. The first-order chi connectivity index (χ1) is 10.1. The first kappa shape index (κ1) is 16.0. The minimum Gasteiger partial charge on any atom is -0.351 e. The van der Waals surface area contributed by atoms with E-state index < -0.39 is 0 Å². The van der Waals surface area contributed by atoms with Crippen molar-refractivity contribution >= 4 is 28.2 Å². The van der Waals surface area contributed by atoms with E-state index in [0.29, 0.717) is 17.1 Å².